The van der Waals surface area contributed by atoms with E-state index in [0.717, 1.165) is 32.1 Å². The zero-order valence-electron chi connectivity index (χ0n) is 16.6. The predicted octanol–water partition coefficient (Wildman–Crippen LogP) is 3.17. The molecule has 150 valence electrons. The van der Waals surface area contributed by atoms with Crippen LogP contribution in [0.2, 0.25) is 0 Å². The molecule has 0 unspecified atom stereocenters. The molecule has 1 saturated carbocycles. The third kappa shape index (κ3) is 5.96. The van der Waals surface area contributed by atoms with Crippen LogP contribution < -0.4 is 15.8 Å². The summed E-state index contributed by atoms with van der Waals surface area (Å²) in [5.74, 6) is 0.412. The van der Waals surface area contributed by atoms with Crippen molar-refractivity contribution in [2.45, 2.75) is 51.9 Å². The number of benzene rings is 1. The Kier molecular flexibility index (Phi) is 8.10. The van der Waals surface area contributed by atoms with Crippen LogP contribution in [0.3, 0.4) is 0 Å². The van der Waals surface area contributed by atoms with E-state index in [-0.39, 0.29) is 23.8 Å². The van der Waals surface area contributed by atoms with Crippen LogP contribution in [0.1, 0.15) is 51.9 Å². The zero-order chi connectivity index (χ0) is 19.7. The lowest BCUT2D eigenvalue weighted by molar-refractivity contribution is -0.137. The van der Waals surface area contributed by atoms with E-state index in [9.17, 15) is 9.59 Å². The summed E-state index contributed by atoms with van der Waals surface area (Å²) in [6, 6.07) is 7.26. The number of methoxy groups -OCH3 is 1. The highest BCUT2D eigenvalue weighted by Gasteiger charge is 2.34. The van der Waals surface area contributed by atoms with Gasteiger partial charge in [0, 0.05) is 13.0 Å². The highest BCUT2D eigenvalue weighted by atomic mass is 16.5. The molecule has 0 aliphatic heterocycles. The van der Waals surface area contributed by atoms with E-state index in [1.165, 1.54) is 6.42 Å². The van der Waals surface area contributed by atoms with Crippen LogP contribution in [0.4, 0.5) is 5.69 Å². The quantitative estimate of drug-likeness (QED) is 0.694. The summed E-state index contributed by atoms with van der Waals surface area (Å²) in [6.07, 6.45) is 6.73. The van der Waals surface area contributed by atoms with Gasteiger partial charge in [-0.15, -0.1) is 0 Å². The van der Waals surface area contributed by atoms with Gasteiger partial charge in [0.2, 0.25) is 11.8 Å². The summed E-state index contributed by atoms with van der Waals surface area (Å²) < 4.78 is 5.27. The molecule has 6 nitrogen and oxygen atoms in total. The summed E-state index contributed by atoms with van der Waals surface area (Å²) >= 11 is 0. The van der Waals surface area contributed by atoms with E-state index in [4.69, 9.17) is 10.5 Å². The number of hydrogen-bond donors (Lipinski definition) is 2. The number of hydrogen-bond acceptors (Lipinski definition) is 4. The van der Waals surface area contributed by atoms with Crippen molar-refractivity contribution >= 4 is 17.5 Å². The monoisotopic (exact) mass is 375 g/mol. The Labute approximate surface area is 162 Å². The van der Waals surface area contributed by atoms with E-state index in [1.807, 2.05) is 19.1 Å². The van der Waals surface area contributed by atoms with Crippen molar-refractivity contribution in [1.82, 2.24) is 4.90 Å². The van der Waals surface area contributed by atoms with E-state index < -0.39 is 0 Å². The molecule has 1 fully saturated rings. The maximum absolute atomic E-state index is 12.9. The second-order valence-corrected chi connectivity index (χ2v) is 7.51. The number of ether oxygens (including phenoxy) is 1. The van der Waals surface area contributed by atoms with Crippen molar-refractivity contribution in [3.63, 3.8) is 0 Å². The first-order chi connectivity index (χ1) is 13.0. The molecule has 2 rings (SSSR count). The minimum atomic E-state index is -0.216. The number of nitrogens with zero attached hydrogens (tertiary/aromatic N) is 1. The average molecular weight is 376 g/mol. The molecule has 3 N–H and O–H groups in total. The van der Waals surface area contributed by atoms with Gasteiger partial charge in [0.05, 0.1) is 19.3 Å². The molecule has 0 heterocycles. The SMILES string of the molecule is CCCN(CC(=O)Nc1ccccc1OC)C(=O)CC1(CN)CCCCC1. The molecule has 1 aliphatic rings. The molecule has 0 saturated heterocycles. The van der Waals surface area contributed by atoms with Crippen molar-refractivity contribution in [3.05, 3.63) is 24.3 Å². The smallest absolute Gasteiger partial charge is 0.244 e. The number of nitrogens with two attached hydrogens (primary N) is 1. The predicted molar refractivity (Wildman–Crippen MR) is 108 cm³/mol. The standard InChI is InChI=1S/C21H33N3O3/c1-3-13-24(20(26)14-21(16-22)11-7-4-8-12-21)15-19(25)23-17-9-5-6-10-18(17)27-2/h5-6,9-10H,3-4,7-8,11-16,22H2,1-2H3,(H,23,25). The summed E-state index contributed by atoms with van der Waals surface area (Å²) in [5, 5.41) is 2.85. The van der Waals surface area contributed by atoms with E-state index in [2.05, 4.69) is 5.32 Å². The Hall–Kier alpha value is -2.08. The van der Waals surface area contributed by atoms with Gasteiger partial charge in [0.25, 0.3) is 0 Å². The fraction of sp³-hybridized carbons (Fsp3) is 0.619. The average Bonchev–Trinajstić information content (AvgIpc) is 2.68. The Morgan fingerprint density at radius 3 is 2.56 bits per heavy atom. The number of rotatable bonds is 9. The molecule has 0 atom stereocenters. The first-order valence-electron chi connectivity index (χ1n) is 9.94. The largest absolute Gasteiger partial charge is 0.495 e. The molecule has 0 aromatic heterocycles. The Morgan fingerprint density at radius 2 is 1.93 bits per heavy atom. The Balaban J connectivity index is 2.00. The maximum Gasteiger partial charge on any atom is 0.244 e. The lowest BCUT2D eigenvalue weighted by Crippen LogP contribution is -2.43. The maximum atomic E-state index is 12.9. The van der Waals surface area contributed by atoms with Crippen LogP contribution in [-0.4, -0.2) is 43.5 Å². The van der Waals surface area contributed by atoms with Gasteiger partial charge in [-0.2, -0.15) is 0 Å². The third-order valence-electron chi connectivity index (χ3n) is 5.44. The van der Waals surface area contributed by atoms with E-state index >= 15 is 0 Å². The van der Waals surface area contributed by atoms with Crippen molar-refractivity contribution in [3.8, 4) is 5.75 Å². The zero-order valence-corrected chi connectivity index (χ0v) is 16.6. The molecule has 1 aromatic rings. The number of carbonyl (C=O) groups excluding carboxylic acids is 2. The highest BCUT2D eigenvalue weighted by Crippen LogP contribution is 2.38. The van der Waals surface area contributed by atoms with Gasteiger partial charge < -0.3 is 20.7 Å². The summed E-state index contributed by atoms with van der Waals surface area (Å²) in [6.45, 7) is 3.16. The lowest BCUT2D eigenvalue weighted by atomic mass is 9.71. The molecule has 1 aliphatic carbocycles. The first kappa shape index (κ1) is 21.2. The fourth-order valence-electron chi connectivity index (χ4n) is 3.86. The second kappa shape index (κ2) is 10.3. The molecular formula is C21H33N3O3. The number of amides is 2. The minimum absolute atomic E-state index is 0.0272. The normalized spacial score (nSPS) is 15.8. The van der Waals surface area contributed by atoms with Crippen molar-refractivity contribution in [1.29, 1.82) is 0 Å². The number of anilines is 1. The van der Waals surface area contributed by atoms with Crippen molar-refractivity contribution in [2.24, 2.45) is 11.1 Å². The molecule has 6 heteroatoms. The Bertz CT molecular complexity index is 627. The number of nitrogens with one attached hydrogen (secondary N) is 1. The Morgan fingerprint density at radius 1 is 1.22 bits per heavy atom. The minimum Gasteiger partial charge on any atom is -0.495 e. The van der Waals surface area contributed by atoms with Gasteiger partial charge in [-0.25, -0.2) is 0 Å². The van der Waals surface area contributed by atoms with Gasteiger partial charge in [0.1, 0.15) is 5.75 Å². The van der Waals surface area contributed by atoms with Gasteiger partial charge in [-0.1, -0.05) is 38.3 Å². The van der Waals surface area contributed by atoms with Crippen molar-refractivity contribution in [2.75, 3.05) is 32.1 Å². The van der Waals surface area contributed by atoms with E-state index in [1.54, 1.807) is 24.1 Å². The van der Waals surface area contributed by atoms with Gasteiger partial charge in [-0.3, -0.25) is 9.59 Å². The van der Waals surface area contributed by atoms with Gasteiger partial charge in [0.15, 0.2) is 0 Å². The molecule has 0 radical (unpaired) electrons. The number of para-hydroxylation sites is 2. The molecule has 27 heavy (non-hydrogen) atoms. The van der Waals surface area contributed by atoms with Crippen LogP contribution in [-0.2, 0) is 9.59 Å². The highest BCUT2D eigenvalue weighted by molar-refractivity contribution is 5.95. The fourth-order valence-corrected chi connectivity index (χ4v) is 3.86. The summed E-state index contributed by atoms with van der Waals surface area (Å²) in [5.41, 5.74) is 6.55. The van der Waals surface area contributed by atoms with Gasteiger partial charge >= 0.3 is 0 Å². The molecular weight excluding hydrogens is 342 g/mol. The molecule has 2 amide bonds. The van der Waals surface area contributed by atoms with Gasteiger partial charge in [-0.05, 0) is 43.4 Å². The topological polar surface area (TPSA) is 84.7 Å². The molecule has 0 spiro atoms. The molecule has 0 bridgehead atoms. The lowest BCUT2D eigenvalue weighted by Gasteiger charge is -2.37. The van der Waals surface area contributed by atoms with Crippen molar-refractivity contribution < 1.29 is 14.3 Å². The van der Waals surface area contributed by atoms with Crippen LogP contribution in [0.5, 0.6) is 5.75 Å². The second-order valence-electron chi connectivity index (χ2n) is 7.51. The van der Waals surface area contributed by atoms with E-state index in [0.29, 0.717) is 30.9 Å². The summed E-state index contributed by atoms with van der Waals surface area (Å²) in [7, 11) is 1.56. The van der Waals surface area contributed by atoms with Crippen LogP contribution in [0, 0.1) is 5.41 Å². The van der Waals surface area contributed by atoms with Crippen LogP contribution in [0.25, 0.3) is 0 Å². The van der Waals surface area contributed by atoms with Crippen LogP contribution >= 0.6 is 0 Å². The van der Waals surface area contributed by atoms with Crippen LogP contribution in [0.15, 0.2) is 24.3 Å². The molecule has 1 aromatic carbocycles. The third-order valence-corrected chi connectivity index (χ3v) is 5.44. The first-order valence-corrected chi connectivity index (χ1v) is 9.94. The summed E-state index contributed by atoms with van der Waals surface area (Å²) in [4.78, 5) is 27.1. The number of carbonyl (C=O) groups is 2.